The zero-order valence-corrected chi connectivity index (χ0v) is 12.1. The predicted octanol–water partition coefficient (Wildman–Crippen LogP) is 2.93. The summed E-state index contributed by atoms with van der Waals surface area (Å²) in [7, 11) is 0. The number of ether oxygens (including phenoxy) is 2. The van der Waals surface area contributed by atoms with Crippen molar-refractivity contribution in [2.45, 2.75) is 16.7 Å². The zero-order chi connectivity index (χ0) is 13.2. The molecule has 2 heterocycles. The third kappa shape index (κ3) is 2.94. The highest BCUT2D eigenvalue weighted by Crippen LogP contribution is 2.36. The van der Waals surface area contributed by atoms with Crippen LogP contribution in [-0.2, 0) is 17.1 Å². The molecule has 0 amide bonds. The number of nitrogens with two attached hydrogens (primary N) is 1. The molecule has 0 atom stereocenters. The average molecular weight is 316 g/mol. The summed E-state index contributed by atoms with van der Waals surface area (Å²) in [5, 5.41) is 8.91. The monoisotopic (exact) mass is 315 g/mol. The molecule has 3 rings (SSSR count). The van der Waals surface area contributed by atoms with Gasteiger partial charge in [0.1, 0.15) is 5.75 Å². The van der Waals surface area contributed by atoms with E-state index in [4.69, 9.17) is 26.8 Å². The first-order chi connectivity index (χ1) is 9.22. The summed E-state index contributed by atoms with van der Waals surface area (Å²) in [5.41, 5.74) is 7.56. The van der Waals surface area contributed by atoms with E-state index in [0.29, 0.717) is 22.5 Å². The second kappa shape index (κ2) is 5.54. The van der Waals surface area contributed by atoms with Crippen LogP contribution in [0.3, 0.4) is 0 Å². The molecule has 0 saturated heterocycles. The third-order valence-corrected chi connectivity index (χ3v) is 4.68. The van der Waals surface area contributed by atoms with Crippen LogP contribution in [0.25, 0.3) is 0 Å². The maximum atomic E-state index is 6.10. The van der Waals surface area contributed by atoms with Gasteiger partial charge in [0.2, 0.25) is 5.13 Å². The van der Waals surface area contributed by atoms with Gasteiger partial charge in [-0.1, -0.05) is 34.7 Å². The summed E-state index contributed by atoms with van der Waals surface area (Å²) in [6.07, 6.45) is 0. The highest BCUT2D eigenvalue weighted by Gasteiger charge is 2.17. The Labute approximate surface area is 123 Å². The zero-order valence-electron chi connectivity index (χ0n) is 9.76. The number of aromatic nitrogens is 2. The molecule has 0 unspecified atom stereocenters. The van der Waals surface area contributed by atoms with E-state index in [2.05, 4.69) is 10.2 Å². The molecule has 19 heavy (non-hydrogen) atoms. The molecule has 1 aliphatic rings. The fourth-order valence-corrected chi connectivity index (χ4v) is 3.65. The van der Waals surface area contributed by atoms with Crippen LogP contribution in [0.1, 0.15) is 11.1 Å². The van der Waals surface area contributed by atoms with Crippen LogP contribution in [0.5, 0.6) is 5.75 Å². The van der Waals surface area contributed by atoms with E-state index < -0.39 is 0 Å². The van der Waals surface area contributed by atoms with E-state index in [-0.39, 0.29) is 6.79 Å². The first-order valence-electron chi connectivity index (χ1n) is 5.46. The fraction of sp³-hybridized carbons (Fsp3) is 0.273. The molecule has 1 aliphatic heterocycles. The van der Waals surface area contributed by atoms with Crippen LogP contribution in [0.15, 0.2) is 16.5 Å². The van der Waals surface area contributed by atoms with Gasteiger partial charge in [-0.25, -0.2) is 0 Å². The van der Waals surface area contributed by atoms with Crippen molar-refractivity contribution in [2.24, 2.45) is 0 Å². The van der Waals surface area contributed by atoms with Gasteiger partial charge in [-0.15, -0.1) is 10.2 Å². The standard InChI is InChI=1S/C11H10ClN3O2S2/c12-8-1-6-3-16-5-17-9(6)7(2-8)4-18-11-15-14-10(13)19-11/h1-2H,3-5H2,(H2,13,14). The number of hydrogen-bond donors (Lipinski definition) is 1. The van der Waals surface area contributed by atoms with E-state index >= 15 is 0 Å². The molecule has 1 aromatic carbocycles. The molecule has 8 heteroatoms. The number of rotatable bonds is 3. The number of thioether (sulfide) groups is 1. The Morgan fingerprint density at radius 1 is 1.42 bits per heavy atom. The summed E-state index contributed by atoms with van der Waals surface area (Å²) in [6.45, 7) is 0.803. The number of nitrogens with zero attached hydrogens (tertiary/aromatic N) is 2. The molecule has 0 fully saturated rings. The minimum Gasteiger partial charge on any atom is -0.467 e. The summed E-state index contributed by atoms with van der Waals surface area (Å²) < 4.78 is 11.6. The second-order valence-electron chi connectivity index (χ2n) is 3.86. The number of nitrogen functional groups attached to an aromatic ring is 1. The maximum Gasteiger partial charge on any atom is 0.203 e. The molecule has 0 aliphatic carbocycles. The minimum atomic E-state index is 0.276. The lowest BCUT2D eigenvalue weighted by atomic mass is 10.1. The van der Waals surface area contributed by atoms with Gasteiger partial charge in [0.05, 0.1) is 6.61 Å². The molecule has 0 bridgehead atoms. The van der Waals surface area contributed by atoms with Gasteiger partial charge in [-0.2, -0.15) is 0 Å². The van der Waals surface area contributed by atoms with Crippen molar-refractivity contribution in [3.05, 3.63) is 28.3 Å². The SMILES string of the molecule is Nc1nnc(SCc2cc(Cl)cc3c2OCOC3)s1. The molecular weight excluding hydrogens is 306 g/mol. The van der Waals surface area contributed by atoms with Gasteiger partial charge < -0.3 is 15.2 Å². The van der Waals surface area contributed by atoms with E-state index in [1.807, 2.05) is 12.1 Å². The number of fused-ring (bicyclic) bond motifs is 1. The Morgan fingerprint density at radius 3 is 3.11 bits per heavy atom. The van der Waals surface area contributed by atoms with Gasteiger partial charge in [0, 0.05) is 21.9 Å². The quantitative estimate of drug-likeness (QED) is 0.878. The van der Waals surface area contributed by atoms with E-state index in [1.165, 1.54) is 11.3 Å². The van der Waals surface area contributed by atoms with Crippen LogP contribution in [0, 0.1) is 0 Å². The van der Waals surface area contributed by atoms with Crippen LogP contribution in [0.2, 0.25) is 5.02 Å². The van der Waals surface area contributed by atoms with Crippen molar-refractivity contribution in [1.29, 1.82) is 0 Å². The first-order valence-corrected chi connectivity index (χ1v) is 7.64. The van der Waals surface area contributed by atoms with Gasteiger partial charge in [-0.05, 0) is 12.1 Å². The molecular formula is C11H10ClN3O2S2. The Bertz CT molecular complexity index is 606. The summed E-state index contributed by atoms with van der Waals surface area (Å²) >= 11 is 9.03. The Kier molecular flexibility index (Phi) is 3.79. The lowest BCUT2D eigenvalue weighted by molar-refractivity contribution is -0.0168. The molecule has 2 N–H and O–H groups in total. The van der Waals surface area contributed by atoms with Crippen LogP contribution in [-0.4, -0.2) is 17.0 Å². The van der Waals surface area contributed by atoms with Crippen molar-refractivity contribution >= 4 is 39.8 Å². The molecule has 2 aromatic rings. The molecule has 100 valence electrons. The first kappa shape index (κ1) is 13.0. The van der Waals surface area contributed by atoms with Crippen molar-refractivity contribution in [3.63, 3.8) is 0 Å². The third-order valence-electron chi connectivity index (χ3n) is 2.52. The van der Waals surface area contributed by atoms with Crippen LogP contribution in [0.4, 0.5) is 5.13 Å². The van der Waals surface area contributed by atoms with Crippen molar-refractivity contribution in [3.8, 4) is 5.75 Å². The lowest BCUT2D eigenvalue weighted by Crippen LogP contribution is -2.12. The van der Waals surface area contributed by atoms with Crippen molar-refractivity contribution in [2.75, 3.05) is 12.5 Å². The Balaban J connectivity index is 1.82. The van der Waals surface area contributed by atoms with Gasteiger partial charge in [0.25, 0.3) is 0 Å². The molecule has 5 nitrogen and oxygen atoms in total. The summed E-state index contributed by atoms with van der Waals surface area (Å²) in [6, 6.07) is 3.77. The molecule has 0 radical (unpaired) electrons. The van der Waals surface area contributed by atoms with E-state index in [1.54, 1.807) is 11.8 Å². The maximum absolute atomic E-state index is 6.10. The largest absolute Gasteiger partial charge is 0.467 e. The highest BCUT2D eigenvalue weighted by atomic mass is 35.5. The van der Waals surface area contributed by atoms with Crippen LogP contribution >= 0.6 is 34.7 Å². The number of anilines is 1. The van der Waals surface area contributed by atoms with E-state index in [9.17, 15) is 0 Å². The van der Waals surface area contributed by atoms with Gasteiger partial charge in [0.15, 0.2) is 11.1 Å². The van der Waals surface area contributed by atoms with Gasteiger partial charge >= 0.3 is 0 Å². The van der Waals surface area contributed by atoms with Gasteiger partial charge in [-0.3, -0.25) is 0 Å². The normalized spacial score (nSPS) is 13.9. The Hall–Kier alpha value is -1.02. The number of hydrogen-bond acceptors (Lipinski definition) is 7. The number of halogens is 1. The van der Waals surface area contributed by atoms with Crippen LogP contribution < -0.4 is 10.5 Å². The average Bonchev–Trinajstić information content (AvgIpc) is 2.81. The van der Waals surface area contributed by atoms with Crippen molar-refractivity contribution in [1.82, 2.24) is 10.2 Å². The van der Waals surface area contributed by atoms with Crippen molar-refractivity contribution < 1.29 is 9.47 Å². The minimum absolute atomic E-state index is 0.276. The smallest absolute Gasteiger partial charge is 0.203 e. The molecule has 0 spiro atoms. The molecule has 1 aromatic heterocycles. The molecule has 0 saturated carbocycles. The second-order valence-corrected chi connectivity index (χ2v) is 6.53. The number of benzene rings is 1. The summed E-state index contributed by atoms with van der Waals surface area (Å²) in [4.78, 5) is 0. The lowest BCUT2D eigenvalue weighted by Gasteiger charge is -2.20. The fourth-order valence-electron chi connectivity index (χ4n) is 1.78. The highest BCUT2D eigenvalue weighted by molar-refractivity contribution is 8.00. The van der Waals surface area contributed by atoms with E-state index in [0.717, 1.165) is 21.2 Å². The predicted molar refractivity (Wildman–Crippen MR) is 75.6 cm³/mol. The summed E-state index contributed by atoms with van der Waals surface area (Å²) in [5.74, 6) is 1.57. The Morgan fingerprint density at radius 2 is 2.32 bits per heavy atom. The topological polar surface area (TPSA) is 70.3 Å².